The molecule has 3 N–H and O–H groups in total. The predicted octanol–water partition coefficient (Wildman–Crippen LogP) is 1.15. The van der Waals surface area contributed by atoms with E-state index in [4.69, 9.17) is 20.3 Å². The lowest BCUT2D eigenvalue weighted by Crippen LogP contribution is -2.16. The smallest absolute Gasteiger partial charge is 0.161 e. The number of ether oxygens (including phenoxy) is 2. The third-order valence-corrected chi connectivity index (χ3v) is 2.73. The highest BCUT2D eigenvalue weighted by Crippen LogP contribution is 2.34. The molecule has 16 heavy (non-hydrogen) atoms. The van der Waals surface area contributed by atoms with Crippen LogP contribution < -0.4 is 15.2 Å². The van der Waals surface area contributed by atoms with Crippen LogP contribution in [0.25, 0.3) is 0 Å². The van der Waals surface area contributed by atoms with Crippen molar-refractivity contribution in [3.8, 4) is 11.5 Å². The minimum Gasteiger partial charge on any atom is -0.490 e. The molecule has 0 saturated carbocycles. The van der Waals surface area contributed by atoms with Crippen molar-refractivity contribution in [3.05, 3.63) is 23.3 Å². The zero-order chi connectivity index (χ0) is 11.5. The molecule has 1 aliphatic heterocycles. The van der Waals surface area contributed by atoms with Gasteiger partial charge in [-0.05, 0) is 30.2 Å². The maximum absolute atomic E-state index is 9.08. The lowest BCUT2D eigenvalue weighted by atomic mass is 10.0. The van der Waals surface area contributed by atoms with E-state index in [9.17, 15) is 0 Å². The molecular weight excluding hydrogens is 206 g/mol. The van der Waals surface area contributed by atoms with Gasteiger partial charge < -0.3 is 20.3 Å². The van der Waals surface area contributed by atoms with Gasteiger partial charge >= 0.3 is 0 Å². The van der Waals surface area contributed by atoms with E-state index in [0.29, 0.717) is 13.2 Å². The molecule has 1 aliphatic rings. The molecule has 0 amide bonds. The van der Waals surface area contributed by atoms with E-state index in [1.54, 1.807) is 0 Å². The molecule has 0 bridgehead atoms. The molecule has 4 heteroatoms. The summed E-state index contributed by atoms with van der Waals surface area (Å²) >= 11 is 0. The molecule has 1 aromatic carbocycles. The van der Waals surface area contributed by atoms with Crippen LogP contribution in [0.3, 0.4) is 0 Å². The Kier molecular flexibility index (Phi) is 3.31. The number of aryl methyl sites for hydroxylation is 1. The molecule has 0 radical (unpaired) electrons. The normalized spacial score (nSPS) is 16.7. The highest BCUT2D eigenvalue weighted by molar-refractivity contribution is 5.48. The summed E-state index contributed by atoms with van der Waals surface area (Å²) in [6, 6.07) is 3.43. The van der Waals surface area contributed by atoms with Gasteiger partial charge in [-0.15, -0.1) is 0 Å². The number of rotatable bonds is 2. The van der Waals surface area contributed by atoms with Crippen LogP contribution in [0.4, 0.5) is 0 Å². The zero-order valence-electron chi connectivity index (χ0n) is 9.40. The number of hydrogen-bond donors (Lipinski definition) is 2. The second-order valence-electron chi connectivity index (χ2n) is 4.00. The van der Waals surface area contributed by atoms with Crippen LogP contribution in [0.15, 0.2) is 12.1 Å². The van der Waals surface area contributed by atoms with Gasteiger partial charge in [-0.25, -0.2) is 0 Å². The van der Waals surface area contributed by atoms with Gasteiger partial charge in [-0.2, -0.15) is 0 Å². The monoisotopic (exact) mass is 223 g/mol. The minimum atomic E-state index is -0.364. The first-order valence-corrected chi connectivity index (χ1v) is 5.49. The number of fused-ring (bicyclic) bond motifs is 1. The van der Waals surface area contributed by atoms with Crippen LogP contribution in [-0.2, 0) is 0 Å². The van der Waals surface area contributed by atoms with Crippen LogP contribution in [0, 0.1) is 6.92 Å². The lowest BCUT2D eigenvalue weighted by Gasteiger charge is -2.15. The maximum atomic E-state index is 9.08. The molecule has 0 aromatic heterocycles. The summed E-state index contributed by atoms with van der Waals surface area (Å²) in [5, 5.41) is 9.08. The third-order valence-electron chi connectivity index (χ3n) is 2.73. The molecule has 4 nitrogen and oxygen atoms in total. The molecule has 1 heterocycles. The van der Waals surface area contributed by atoms with E-state index in [1.165, 1.54) is 0 Å². The van der Waals surface area contributed by atoms with Crippen LogP contribution in [0.1, 0.15) is 23.6 Å². The lowest BCUT2D eigenvalue weighted by molar-refractivity contribution is 0.267. The molecule has 0 fully saturated rings. The van der Waals surface area contributed by atoms with Crippen LogP contribution in [0.5, 0.6) is 11.5 Å². The fraction of sp³-hybridized carbons (Fsp3) is 0.500. The van der Waals surface area contributed by atoms with E-state index in [-0.39, 0.29) is 12.6 Å². The number of aliphatic hydroxyl groups is 1. The van der Waals surface area contributed by atoms with Gasteiger partial charge in [-0.1, -0.05) is 0 Å². The van der Waals surface area contributed by atoms with Crippen molar-refractivity contribution in [3.63, 3.8) is 0 Å². The minimum absolute atomic E-state index is 0.0690. The standard InChI is InChI=1S/C12H17NO3/c1-8-5-11-12(16-4-2-3-15-11)6-9(8)10(13)7-14/h5-6,10,14H,2-4,7,13H2,1H3. The van der Waals surface area contributed by atoms with Crippen molar-refractivity contribution in [2.24, 2.45) is 5.73 Å². The molecule has 0 aliphatic carbocycles. The maximum Gasteiger partial charge on any atom is 0.161 e. The molecule has 0 saturated heterocycles. The van der Waals surface area contributed by atoms with E-state index < -0.39 is 0 Å². The average molecular weight is 223 g/mol. The van der Waals surface area contributed by atoms with Crippen molar-refractivity contribution in [1.29, 1.82) is 0 Å². The van der Waals surface area contributed by atoms with Gasteiger partial charge in [0.1, 0.15) is 0 Å². The predicted molar refractivity (Wildman–Crippen MR) is 60.8 cm³/mol. The SMILES string of the molecule is Cc1cc2c(cc1C(N)CO)OCCCO2. The van der Waals surface area contributed by atoms with Crippen molar-refractivity contribution < 1.29 is 14.6 Å². The number of benzene rings is 1. The first-order valence-electron chi connectivity index (χ1n) is 5.49. The number of nitrogens with two attached hydrogens (primary N) is 1. The molecule has 0 spiro atoms. The highest BCUT2D eigenvalue weighted by Gasteiger charge is 2.16. The zero-order valence-corrected chi connectivity index (χ0v) is 9.40. The largest absolute Gasteiger partial charge is 0.490 e. The van der Waals surface area contributed by atoms with Crippen LogP contribution >= 0.6 is 0 Å². The fourth-order valence-electron chi connectivity index (χ4n) is 1.82. The van der Waals surface area contributed by atoms with Crippen LogP contribution in [0.2, 0.25) is 0 Å². The van der Waals surface area contributed by atoms with Crippen molar-refractivity contribution in [1.82, 2.24) is 0 Å². The Labute approximate surface area is 95.0 Å². The Hall–Kier alpha value is -1.26. The summed E-state index contributed by atoms with van der Waals surface area (Å²) in [6.07, 6.45) is 0.884. The summed E-state index contributed by atoms with van der Waals surface area (Å²) in [4.78, 5) is 0. The summed E-state index contributed by atoms with van der Waals surface area (Å²) in [5.41, 5.74) is 7.75. The second-order valence-corrected chi connectivity index (χ2v) is 4.00. The Morgan fingerprint density at radius 1 is 1.31 bits per heavy atom. The first-order chi connectivity index (χ1) is 7.72. The van der Waals surface area contributed by atoms with Gasteiger partial charge in [0.25, 0.3) is 0 Å². The molecule has 1 aromatic rings. The van der Waals surface area contributed by atoms with E-state index >= 15 is 0 Å². The molecule has 1 unspecified atom stereocenters. The van der Waals surface area contributed by atoms with Gasteiger partial charge in [-0.3, -0.25) is 0 Å². The second kappa shape index (κ2) is 4.72. The van der Waals surface area contributed by atoms with Crippen LogP contribution in [-0.4, -0.2) is 24.9 Å². The topological polar surface area (TPSA) is 64.7 Å². The Morgan fingerprint density at radius 3 is 2.56 bits per heavy atom. The molecule has 88 valence electrons. The average Bonchev–Trinajstić information content (AvgIpc) is 2.51. The van der Waals surface area contributed by atoms with Gasteiger partial charge in [0, 0.05) is 6.42 Å². The van der Waals surface area contributed by atoms with Gasteiger partial charge in [0.05, 0.1) is 25.9 Å². The summed E-state index contributed by atoms with van der Waals surface area (Å²) < 4.78 is 11.1. The summed E-state index contributed by atoms with van der Waals surface area (Å²) in [6.45, 7) is 3.22. The fourth-order valence-corrected chi connectivity index (χ4v) is 1.82. The van der Waals surface area contributed by atoms with E-state index in [1.807, 2.05) is 19.1 Å². The third kappa shape index (κ3) is 2.13. The van der Waals surface area contributed by atoms with Gasteiger partial charge in [0.15, 0.2) is 11.5 Å². The molecular formula is C12H17NO3. The summed E-state index contributed by atoms with van der Waals surface area (Å²) in [7, 11) is 0. The van der Waals surface area contributed by atoms with Gasteiger partial charge in [0.2, 0.25) is 0 Å². The van der Waals surface area contributed by atoms with Crippen molar-refractivity contribution >= 4 is 0 Å². The Balaban J connectivity index is 2.38. The summed E-state index contributed by atoms with van der Waals surface area (Å²) in [5.74, 6) is 1.49. The number of hydrogen-bond acceptors (Lipinski definition) is 4. The van der Waals surface area contributed by atoms with Crippen molar-refractivity contribution in [2.45, 2.75) is 19.4 Å². The first kappa shape index (κ1) is 11.2. The van der Waals surface area contributed by atoms with Crippen molar-refractivity contribution in [2.75, 3.05) is 19.8 Å². The number of aliphatic hydroxyl groups excluding tert-OH is 1. The van der Waals surface area contributed by atoms with E-state index in [0.717, 1.165) is 29.0 Å². The Morgan fingerprint density at radius 2 is 1.94 bits per heavy atom. The molecule has 1 atom stereocenters. The highest BCUT2D eigenvalue weighted by atomic mass is 16.5. The molecule has 2 rings (SSSR count). The Bertz CT molecular complexity index is 379. The quantitative estimate of drug-likeness (QED) is 0.789. The van der Waals surface area contributed by atoms with E-state index in [2.05, 4.69) is 0 Å².